The second-order valence-corrected chi connectivity index (χ2v) is 4.24. The molecule has 1 amide bonds. The third kappa shape index (κ3) is 2.56. The molecule has 1 unspecified atom stereocenters. The first-order valence-electron chi connectivity index (χ1n) is 4.07. The second kappa shape index (κ2) is 4.23. The van der Waals surface area contributed by atoms with Crippen molar-refractivity contribution in [1.82, 2.24) is 5.32 Å². The number of nitrogens with one attached hydrogen (secondary N) is 1. The topological polar surface area (TPSA) is 66.4 Å². The summed E-state index contributed by atoms with van der Waals surface area (Å²) in [6, 6.07) is 2.62. The third-order valence-corrected chi connectivity index (χ3v) is 2.71. The fourth-order valence-electron chi connectivity index (χ4n) is 1.07. The first-order valence-corrected chi connectivity index (χ1v) is 4.88. The predicted molar refractivity (Wildman–Crippen MR) is 53.2 cm³/mol. The molecule has 1 aromatic heterocycles. The molecule has 2 N–H and O–H groups in total. The van der Waals surface area contributed by atoms with Gasteiger partial charge in [0.1, 0.15) is 0 Å². The highest BCUT2D eigenvalue weighted by Crippen LogP contribution is 2.22. The highest BCUT2D eigenvalue weighted by atomic mass is 32.1. The minimum Gasteiger partial charge on any atom is -0.479 e. The van der Waals surface area contributed by atoms with E-state index in [1.807, 2.05) is 13.0 Å². The van der Waals surface area contributed by atoms with Crippen LogP contribution in [0.25, 0.3) is 0 Å². The van der Waals surface area contributed by atoms with E-state index in [0.717, 1.165) is 4.88 Å². The molecule has 0 radical (unpaired) electrons. The Balaban J connectivity index is 2.88. The summed E-state index contributed by atoms with van der Waals surface area (Å²) in [7, 11) is 0. The number of carboxylic acid groups (broad SMARTS) is 1. The fourth-order valence-corrected chi connectivity index (χ4v) is 1.99. The first-order chi connectivity index (χ1) is 6.50. The maximum atomic E-state index is 10.8. The summed E-state index contributed by atoms with van der Waals surface area (Å²) in [6.07, 6.45) is 0. The molecule has 0 saturated heterocycles. The van der Waals surface area contributed by atoms with Crippen LogP contribution in [-0.4, -0.2) is 17.0 Å². The summed E-state index contributed by atoms with van der Waals surface area (Å²) < 4.78 is 0. The maximum Gasteiger partial charge on any atom is 0.331 e. The van der Waals surface area contributed by atoms with E-state index in [2.05, 4.69) is 5.32 Å². The number of aliphatic carboxylic acids is 1. The number of hydrogen-bond acceptors (Lipinski definition) is 3. The van der Waals surface area contributed by atoms with Crippen LogP contribution >= 0.6 is 11.3 Å². The normalized spacial score (nSPS) is 12.1. The lowest BCUT2D eigenvalue weighted by Crippen LogP contribution is -2.31. The second-order valence-electron chi connectivity index (χ2n) is 2.92. The van der Waals surface area contributed by atoms with E-state index in [4.69, 9.17) is 5.11 Å². The third-order valence-electron chi connectivity index (χ3n) is 1.64. The molecule has 0 bridgehead atoms. The summed E-state index contributed by atoms with van der Waals surface area (Å²) in [5.74, 6) is -1.38. The van der Waals surface area contributed by atoms with E-state index in [0.29, 0.717) is 4.88 Å². The highest BCUT2D eigenvalue weighted by molar-refractivity contribution is 7.12. The summed E-state index contributed by atoms with van der Waals surface area (Å²) in [5, 5.41) is 11.3. The van der Waals surface area contributed by atoms with Crippen LogP contribution in [0.2, 0.25) is 0 Å². The van der Waals surface area contributed by atoms with Gasteiger partial charge in [0, 0.05) is 16.7 Å². The minimum atomic E-state index is -1.04. The monoisotopic (exact) mass is 213 g/mol. The number of aryl methyl sites for hydroxylation is 1. The zero-order valence-electron chi connectivity index (χ0n) is 7.90. The van der Waals surface area contributed by atoms with Crippen molar-refractivity contribution in [3.8, 4) is 0 Å². The van der Waals surface area contributed by atoms with Crippen molar-refractivity contribution >= 4 is 23.2 Å². The van der Waals surface area contributed by atoms with Crippen LogP contribution < -0.4 is 5.32 Å². The standard InChI is InChI=1S/C9H11NO3S/c1-5-3-4-7(14-5)8(9(12)13)10-6(2)11/h3-4,8H,1-2H3,(H,10,11)(H,12,13). The molecule has 5 heteroatoms. The van der Waals surface area contributed by atoms with Crippen LogP contribution in [0.4, 0.5) is 0 Å². The number of carbonyl (C=O) groups excluding carboxylic acids is 1. The molecule has 0 aliphatic rings. The van der Waals surface area contributed by atoms with Gasteiger partial charge >= 0.3 is 5.97 Å². The smallest absolute Gasteiger partial charge is 0.331 e. The number of thiophene rings is 1. The van der Waals surface area contributed by atoms with Crippen molar-refractivity contribution in [2.24, 2.45) is 0 Å². The van der Waals surface area contributed by atoms with Gasteiger partial charge in [-0.1, -0.05) is 0 Å². The maximum absolute atomic E-state index is 10.8. The Bertz CT molecular complexity index is 359. The van der Waals surface area contributed by atoms with Gasteiger partial charge in [0.25, 0.3) is 0 Å². The van der Waals surface area contributed by atoms with Crippen molar-refractivity contribution in [3.63, 3.8) is 0 Å². The SMILES string of the molecule is CC(=O)NC(C(=O)O)c1ccc(C)s1. The van der Waals surface area contributed by atoms with E-state index < -0.39 is 12.0 Å². The highest BCUT2D eigenvalue weighted by Gasteiger charge is 2.21. The molecule has 0 aliphatic carbocycles. The molecule has 1 aromatic rings. The molecule has 4 nitrogen and oxygen atoms in total. The molecule has 76 valence electrons. The van der Waals surface area contributed by atoms with Crippen LogP contribution in [0.5, 0.6) is 0 Å². The lowest BCUT2D eigenvalue weighted by atomic mass is 10.2. The van der Waals surface area contributed by atoms with Gasteiger partial charge in [-0.2, -0.15) is 0 Å². The van der Waals surface area contributed by atoms with Gasteiger partial charge in [0.05, 0.1) is 0 Å². The number of carboxylic acids is 1. The van der Waals surface area contributed by atoms with E-state index >= 15 is 0 Å². The lowest BCUT2D eigenvalue weighted by molar-refractivity contribution is -0.141. The number of carbonyl (C=O) groups is 2. The number of rotatable bonds is 3. The van der Waals surface area contributed by atoms with Crippen molar-refractivity contribution in [1.29, 1.82) is 0 Å². The van der Waals surface area contributed by atoms with Gasteiger partial charge in [-0.15, -0.1) is 11.3 Å². The largest absolute Gasteiger partial charge is 0.479 e. The minimum absolute atomic E-state index is 0.344. The Labute approximate surface area is 85.6 Å². The first kappa shape index (κ1) is 10.7. The van der Waals surface area contributed by atoms with Gasteiger partial charge in [-0.3, -0.25) is 4.79 Å². The summed E-state index contributed by atoms with van der Waals surface area (Å²) in [6.45, 7) is 3.19. The summed E-state index contributed by atoms with van der Waals surface area (Å²) in [5.41, 5.74) is 0. The van der Waals surface area contributed by atoms with Gasteiger partial charge in [0.15, 0.2) is 6.04 Å². The average Bonchev–Trinajstić information content (AvgIpc) is 2.46. The number of hydrogen-bond donors (Lipinski definition) is 2. The Kier molecular flexibility index (Phi) is 3.24. The molecule has 14 heavy (non-hydrogen) atoms. The lowest BCUT2D eigenvalue weighted by Gasteiger charge is -2.10. The summed E-state index contributed by atoms with van der Waals surface area (Å²) in [4.78, 5) is 23.3. The number of amides is 1. The van der Waals surface area contributed by atoms with E-state index in [1.54, 1.807) is 6.07 Å². The van der Waals surface area contributed by atoms with E-state index in [9.17, 15) is 9.59 Å². The molecular weight excluding hydrogens is 202 g/mol. The van der Waals surface area contributed by atoms with Crippen molar-refractivity contribution in [2.75, 3.05) is 0 Å². The molecule has 0 aliphatic heterocycles. The van der Waals surface area contributed by atoms with Crippen molar-refractivity contribution in [3.05, 3.63) is 21.9 Å². The van der Waals surface area contributed by atoms with Crippen LogP contribution in [0, 0.1) is 6.92 Å². The molecule has 0 fully saturated rings. The Morgan fingerprint density at radius 2 is 2.14 bits per heavy atom. The van der Waals surface area contributed by atoms with Crippen LogP contribution in [0.15, 0.2) is 12.1 Å². The van der Waals surface area contributed by atoms with E-state index in [-0.39, 0.29) is 5.91 Å². The quantitative estimate of drug-likeness (QED) is 0.795. The predicted octanol–water partition coefficient (Wildman–Crippen LogP) is 1.32. The average molecular weight is 213 g/mol. The van der Waals surface area contributed by atoms with Crippen molar-refractivity contribution < 1.29 is 14.7 Å². The van der Waals surface area contributed by atoms with E-state index in [1.165, 1.54) is 18.3 Å². The summed E-state index contributed by atoms with van der Waals surface area (Å²) >= 11 is 1.37. The molecule has 1 heterocycles. The Morgan fingerprint density at radius 3 is 2.50 bits per heavy atom. The molecular formula is C9H11NO3S. The molecule has 1 rings (SSSR count). The van der Waals surface area contributed by atoms with Crippen LogP contribution in [0.1, 0.15) is 22.7 Å². The zero-order chi connectivity index (χ0) is 10.7. The molecule has 0 saturated carbocycles. The van der Waals surface area contributed by atoms with Gasteiger partial charge in [-0.25, -0.2) is 4.79 Å². The fraction of sp³-hybridized carbons (Fsp3) is 0.333. The van der Waals surface area contributed by atoms with Gasteiger partial charge < -0.3 is 10.4 Å². The molecule has 1 atom stereocenters. The zero-order valence-corrected chi connectivity index (χ0v) is 8.72. The van der Waals surface area contributed by atoms with Crippen molar-refractivity contribution in [2.45, 2.75) is 19.9 Å². The Hall–Kier alpha value is -1.36. The van der Waals surface area contributed by atoms with Crippen LogP contribution in [0.3, 0.4) is 0 Å². The van der Waals surface area contributed by atoms with Crippen LogP contribution in [-0.2, 0) is 9.59 Å². The molecule has 0 spiro atoms. The Morgan fingerprint density at radius 1 is 1.50 bits per heavy atom. The van der Waals surface area contributed by atoms with Gasteiger partial charge in [0.2, 0.25) is 5.91 Å². The van der Waals surface area contributed by atoms with Gasteiger partial charge in [-0.05, 0) is 19.1 Å². The molecule has 0 aromatic carbocycles.